The highest BCUT2D eigenvalue weighted by atomic mass is 16.6. The number of hydrogen-bond acceptors (Lipinski definition) is 17. The summed E-state index contributed by atoms with van der Waals surface area (Å²) in [4.78, 5) is 38.3. The molecule has 0 amide bonds. The number of benzene rings is 3. The number of rotatable bonds is 8. The Hall–Kier alpha value is -5.81. The molecule has 9 N–H and O–H groups in total. The predicted octanol–water partition coefficient (Wildman–Crippen LogP) is 0.708. The number of phenols is 8. The van der Waals surface area contributed by atoms with E-state index in [4.69, 9.17) is 23.7 Å². The van der Waals surface area contributed by atoms with Crippen LogP contribution >= 0.6 is 0 Å². The molecule has 4 unspecified atom stereocenters. The number of methoxy groups -OCH3 is 1. The zero-order valence-corrected chi connectivity index (χ0v) is 23.0. The lowest BCUT2D eigenvalue weighted by Gasteiger charge is -2.38. The Balaban J connectivity index is 1.57. The van der Waals surface area contributed by atoms with Gasteiger partial charge in [-0.05, 0) is 36.4 Å². The molecule has 4 atom stereocenters. The van der Waals surface area contributed by atoms with E-state index >= 15 is 0 Å². The first kappa shape index (κ1) is 32.1. The van der Waals surface area contributed by atoms with Crippen molar-refractivity contribution in [3.63, 3.8) is 0 Å². The number of hydrogen-bond donors (Lipinski definition) is 9. The molecule has 1 heterocycles. The summed E-state index contributed by atoms with van der Waals surface area (Å²) in [7, 11) is 1.15. The molecule has 240 valence electrons. The van der Waals surface area contributed by atoms with Crippen molar-refractivity contribution in [2.75, 3.05) is 20.3 Å². The van der Waals surface area contributed by atoms with Crippen molar-refractivity contribution in [2.24, 2.45) is 0 Å². The Morgan fingerprint density at radius 2 is 1.13 bits per heavy atom. The van der Waals surface area contributed by atoms with Crippen molar-refractivity contribution in [2.45, 2.75) is 24.4 Å². The van der Waals surface area contributed by atoms with Crippen LogP contribution in [0.25, 0.3) is 0 Å². The SMILES string of the molecule is COc1cc(C(=O)OC2C(COC(=O)c3cc(O)c(O)c(O)c3)OCC(OC(=O)c3cc(O)c(O)c(O)c3)C2O)cc(O)c1O. The second-order valence-electron chi connectivity index (χ2n) is 9.55. The molecule has 0 aromatic heterocycles. The number of carbonyl (C=O) groups is 3. The minimum Gasteiger partial charge on any atom is -0.504 e. The molecule has 4 rings (SSSR count). The lowest BCUT2D eigenvalue weighted by Crippen LogP contribution is -2.57. The number of aliphatic hydroxyl groups is 1. The van der Waals surface area contributed by atoms with Crippen LogP contribution in [0, 0.1) is 0 Å². The van der Waals surface area contributed by atoms with Gasteiger partial charge in [0.2, 0.25) is 5.75 Å². The molecule has 0 bridgehead atoms. The molecule has 0 saturated carbocycles. The van der Waals surface area contributed by atoms with Gasteiger partial charge in [0.05, 0.1) is 30.4 Å². The number of carbonyl (C=O) groups excluding carboxylic acids is 3. The molecule has 3 aromatic carbocycles. The molecule has 45 heavy (non-hydrogen) atoms. The van der Waals surface area contributed by atoms with Crippen LogP contribution in [0.1, 0.15) is 31.1 Å². The molecule has 1 fully saturated rings. The highest BCUT2D eigenvalue weighted by Gasteiger charge is 2.45. The summed E-state index contributed by atoms with van der Waals surface area (Å²) in [5.41, 5.74) is -1.20. The maximum atomic E-state index is 13.0. The van der Waals surface area contributed by atoms with Gasteiger partial charge in [-0.25, -0.2) is 14.4 Å². The minimum absolute atomic E-state index is 0.305. The van der Waals surface area contributed by atoms with E-state index in [9.17, 15) is 60.3 Å². The Morgan fingerprint density at radius 1 is 0.689 bits per heavy atom. The Labute approximate surface area is 251 Å². The largest absolute Gasteiger partial charge is 0.504 e. The fraction of sp³-hybridized carbons (Fsp3) is 0.250. The number of ether oxygens (including phenoxy) is 5. The van der Waals surface area contributed by atoms with Crippen LogP contribution in [0.5, 0.6) is 51.7 Å². The van der Waals surface area contributed by atoms with Gasteiger partial charge in [-0.1, -0.05) is 0 Å². The van der Waals surface area contributed by atoms with Crippen LogP contribution in [0.4, 0.5) is 0 Å². The summed E-state index contributed by atoms with van der Waals surface area (Å²) in [5, 5.41) is 88.7. The molecular formula is C28H26O17. The Bertz CT molecular complexity index is 1590. The fourth-order valence-corrected chi connectivity index (χ4v) is 4.18. The van der Waals surface area contributed by atoms with Crippen molar-refractivity contribution >= 4 is 17.9 Å². The second kappa shape index (κ2) is 12.8. The van der Waals surface area contributed by atoms with Crippen LogP contribution in [-0.4, -0.2) is 109 Å². The lowest BCUT2D eigenvalue weighted by atomic mass is 9.99. The van der Waals surface area contributed by atoms with E-state index in [1.807, 2.05) is 0 Å². The van der Waals surface area contributed by atoms with Gasteiger partial charge in [-0.3, -0.25) is 0 Å². The Morgan fingerprint density at radius 3 is 1.64 bits per heavy atom. The van der Waals surface area contributed by atoms with E-state index in [1.54, 1.807) is 0 Å². The predicted molar refractivity (Wildman–Crippen MR) is 144 cm³/mol. The molecule has 0 aliphatic carbocycles. The highest BCUT2D eigenvalue weighted by molar-refractivity contribution is 5.92. The number of aliphatic hydroxyl groups excluding tert-OH is 1. The van der Waals surface area contributed by atoms with Gasteiger partial charge in [0.1, 0.15) is 18.8 Å². The van der Waals surface area contributed by atoms with Crippen LogP contribution < -0.4 is 4.74 Å². The van der Waals surface area contributed by atoms with E-state index in [2.05, 4.69) is 0 Å². The summed E-state index contributed by atoms with van der Waals surface area (Å²) in [6.07, 6.45) is -6.61. The minimum atomic E-state index is -1.87. The van der Waals surface area contributed by atoms with Gasteiger partial charge in [0, 0.05) is 0 Å². The van der Waals surface area contributed by atoms with Gasteiger partial charge in [-0.15, -0.1) is 0 Å². The van der Waals surface area contributed by atoms with Gasteiger partial charge < -0.3 is 69.6 Å². The summed E-state index contributed by atoms with van der Waals surface area (Å²) in [6, 6.07) is 4.98. The van der Waals surface area contributed by atoms with Crippen LogP contribution in [0.3, 0.4) is 0 Å². The second-order valence-corrected chi connectivity index (χ2v) is 9.55. The van der Waals surface area contributed by atoms with Crippen LogP contribution in [0.2, 0.25) is 0 Å². The first-order valence-electron chi connectivity index (χ1n) is 12.7. The van der Waals surface area contributed by atoms with E-state index in [0.717, 1.165) is 43.5 Å². The van der Waals surface area contributed by atoms with Crippen molar-refractivity contribution in [3.05, 3.63) is 53.1 Å². The summed E-state index contributed by atoms with van der Waals surface area (Å²) >= 11 is 0. The van der Waals surface area contributed by atoms with Gasteiger partial charge in [0.25, 0.3) is 0 Å². The molecule has 17 nitrogen and oxygen atoms in total. The molecule has 1 aliphatic rings. The molecular weight excluding hydrogens is 608 g/mol. The van der Waals surface area contributed by atoms with Crippen molar-refractivity contribution in [1.82, 2.24) is 0 Å². The fourth-order valence-electron chi connectivity index (χ4n) is 4.18. The third kappa shape index (κ3) is 6.73. The van der Waals surface area contributed by atoms with Crippen molar-refractivity contribution < 1.29 is 84.0 Å². The number of phenolic OH excluding ortho intramolecular Hbond substituents is 8. The third-order valence-electron chi connectivity index (χ3n) is 6.56. The van der Waals surface area contributed by atoms with Crippen LogP contribution in [0.15, 0.2) is 36.4 Å². The van der Waals surface area contributed by atoms with E-state index < -0.39 is 113 Å². The summed E-state index contributed by atoms with van der Waals surface area (Å²) in [5.74, 6) is -10.4. The first-order chi connectivity index (χ1) is 21.2. The topological polar surface area (TPSA) is 279 Å². The molecule has 1 aliphatic heterocycles. The quantitative estimate of drug-likeness (QED) is 0.0936. The van der Waals surface area contributed by atoms with Gasteiger partial charge >= 0.3 is 17.9 Å². The zero-order chi connectivity index (χ0) is 33.2. The summed E-state index contributed by atoms with van der Waals surface area (Å²) < 4.78 is 26.2. The molecule has 1 saturated heterocycles. The zero-order valence-electron chi connectivity index (χ0n) is 23.0. The molecule has 17 heteroatoms. The van der Waals surface area contributed by atoms with Gasteiger partial charge in [0.15, 0.2) is 58.2 Å². The average molecular weight is 634 g/mol. The standard InChI is InChI=1S/C28H26O17/c1-41-18-7-12(6-17(33)23(18)36)28(40)45-25-20(9-43-26(38)10-2-13(29)21(34)14(30)3-10)42-8-19(24(25)37)44-27(39)11-4-15(31)22(35)16(32)5-11/h2-7,19-20,24-25,29-37H,8-9H2,1H3. The third-order valence-corrected chi connectivity index (χ3v) is 6.56. The molecule has 0 spiro atoms. The molecule has 0 radical (unpaired) electrons. The van der Waals surface area contributed by atoms with Crippen molar-refractivity contribution in [1.29, 1.82) is 0 Å². The van der Waals surface area contributed by atoms with E-state index in [0.29, 0.717) is 0 Å². The maximum Gasteiger partial charge on any atom is 0.338 e. The van der Waals surface area contributed by atoms with Crippen LogP contribution in [-0.2, 0) is 18.9 Å². The van der Waals surface area contributed by atoms with Gasteiger partial charge in [-0.2, -0.15) is 0 Å². The summed E-state index contributed by atoms with van der Waals surface area (Å²) in [6.45, 7) is -1.28. The average Bonchev–Trinajstić information content (AvgIpc) is 3.00. The number of esters is 3. The maximum absolute atomic E-state index is 13.0. The first-order valence-corrected chi connectivity index (χ1v) is 12.7. The molecule has 3 aromatic rings. The smallest absolute Gasteiger partial charge is 0.338 e. The lowest BCUT2D eigenvalue weighted by molar-refractivity contribution is -0.196. The Kier molecular flexibility index (Phi) is 9.15. The van der Waals surface area contributed by atoms with Crippen molar-refractivity contribution in [3.8, 4) is 51.7 Å². The number of aromatic hydroxyl groups is 8. The van der Waals surface area contributed by atoms with E-state index in [-0.39, 0.29) is 11.3 Å². The monoisotopic (exact) mass is 634 g/mol. The van der Waals surface area contributed by atoms with E-state index in [1.165, 1.54) is 0 Å². The highest BCUT2D eigenvalue weighted by Crippen LogP contribution is 2.38. The normalized spacial score (nSPS) is 19.3.